The number of aryl methyl sites for hydroxylation is 1. The van der Waals surface area contributed by atoms with E-state index in [4.69, 9.17) is 0 Å². The molecule has 1 amide bonds. The molecule has 0 saturated carbocycles. The van der Waals surface area contributed by atoms with Crippen molar-refractivity contribution in [1.29, 1.82) is 0 Å². The van der Waals surface area contributed by atoms with Crippen LogP contribution in [0.15, 0.2) is 60.7 Å². The van der Waals surface area contributed by atoms with E-state index in [1.165, 1.54) is 6.07 Å². The number of anilines is 1. The average molecular weight is 443 g/mol. The summed E-state index contributed by atoms with van der Waals surface area (Å²) in [7, 11) is 0. The van der Waals surface area contributed by atoms with E-state index in [2.05, 4.69) is 26.1 Å². The highest BCUT2D eigenvalue weighted by atomic mass is 16.4. The van der Waals surface area contributed by atoms with Crippen molar-refractivity contribution in [2.45, 2.75) is 59.3 Å². The number of carboxylic acids is 1. The van der Waals surface area contributed by atoms with Crippen LogP contribution >= 0.6 is 0 Å². The predicted octanol–water partition coefficient (Wildman–Crippen LogP) is 5.87. The number of carbonyl (C=O) groups excluding carboxylic acids is 2. The summed E-state index contributed by atoms with van der Waals surface area (Å²) in [4.78, 5) is 25.2. The molecule has 0 heterocycles. The minimum absolute atomic E-state index is 0.0107. The molecule has 0 fully saturated rings. The maximum atomic E-state index is 13.1. The first-order chi connectivity index (χ1) is 15.3. The zero-order valence-corrected chi connectivity index (χ0v) is 20.5. The Hall–Kier alpha value is -3.40. The van der Waals surface area contributed by atoms with E-state index >= 15 is 0 Å². The van der Waals surface area contributed by atoms with Crippen molar-refractivity contribution in [3.8, 4) is 11.1 Å². The molecule has 33 heavy (non-hydrogen) atoms. The van der Waals surface area contributed by atoms with Gasteiger partial charge in [0.2, 0.25) is 0 Å². The molecule has 3 rings (SSSR count). The lowest BCUT2D eigenvalue weighted by Gasteiger charge is -2.26. The smallest absolute Gasteiger partial charge is 0.255 e. The third-order valence-electron chi connectivity index (χ3n) is 5.88. The molecule has 0 atom stereocenters. The van der Waals surface area contributed by atoms with Gasteiger partial charge in [-0.2, -0.15) is 0 Å². The van der Waals surface area contributed by atoms with Gasteiger partial charge < -0.3 is 15.2 Å². The largest absolute Gasteiger partial charge is 0.545 e. The number of amides is 1. The number of rotatable bonds is 4. The van der Waals surface area contributed by atoms with E-state index in [1.54, 1.807) is 12.1 Å². The summed E-state index contributed by atoms with van der Waals surface area (Å²) in [5, 5.41) is 15.0. The SMILES string of the molecule is Cc1ccccc1-c1cc(C(C)(C)C)c(NC(=O)c2ccc(C(C)(C)C)cc2)cc1C(=O)[O-]. The monoisotopic (exact) mass is 442 g/mol. The summed E-state index contributed by atoms with van der Waals surface area (Å²) in [6, 6.07) is 18.5. The first-order valence-corrected chi connectivity index (χ1v) is 11.2. The highest BCUT2D eigenvalue weighted by molar-refractivity contribution is 6.06. The number of carboxylic acid groups (broad SMARTS) is 1. The van der Waals surface area contributed by atoms with Gasteiger partial charge in [-0.25, -0.2) is 0 Å². The van der Waals surface area contributed by atoms with Gasteiger partial charge in [0.1, 0.15) is 0 Å². The summed E-state index contributed by atoms with van der Waals surface area (Å²) in [6.45, 7) is 14.4. The minimum Gasteiger partial charge on any atom is -0.545 e. The normalized spacial score (nSPS) is 11.8. The highest BCUT2D eigenvalue weighted by Gasteiger charge is 2.23. The zero-order valence-electron chi connectivity index (χ0n) is 20.5. The quantitative estimate of drug-likeness (QED) is 0.549. The van der Waals surface area contributed by atoms with Gasteiger partial charge in [0, 0.05) is 16.8 Å². The first kappa shape index (κ1) is 24.2. The highest BCUT2D eigenvalue weighted by Crippen LogP contribution is 2.37. The van der Waals surface area contributed by atoms with Crippen molar-refractivity contribution < 1.29 is 14.7 Å². The van der Waals surface area contributed by atoms with E-state index in [0.29, 0.717) is 16.8 Å². The van der Waals surface area contributed by atoms with Crippen LogP contribution in [0.5, 0.6) is 0 Å². The molecule has 0 saturated heterocycles. The van der Waals surface area contributed by atoms with Crippen LogP contribution in [0.2, 0.25) is 0 Å². The number of nitrogens with one attached hydrogen (secondary N) is 1. The number of aromatic carboxylic acids is 1. The Kier molecular flexibility index (Phi) is 6.51. The van der Waals surface area contributed by atoms with Crippen LogP contribution in [-0.2, 0) is 10.8 Å². The molecule has 0 aliphatic heterocycles. The lowest BCUT2D eigenvalue weighted by atomic mass is 9.82. The average Bonchev–Trinajstić information content (AvgIpc) is 2.72. The number of hydrogen-bond acceptors (Lipinski definition) is 3. The van der Waals surface area contributed by atoms with Crippen molar-refractivity contribution in [1.82, 2.24) is 0 Å². The number of benzene rings is 3. The molecule has 0 aromatic heterocycles. The second kappa shape index (κ2) is 8.86. The fourth-order valence-corrected chi connectivity index (χ4v) is 3.91. The molecule has 0 aliphatic carbocycles. The Morgan fingerprint density at radius 2 is 1.39 bits per heavy atom. The molecule has 0 spiro atoms. The summed E-state index contributed by atoms with van der Waals surface area (Å²) < 4.78 is 0. The van der Waals surface area contributed by atoms with Crippen LogP contribution in [0, 0.1) is 6.92 Å². The van der Waals surface area contributed by atoms with Gasteiger partial charge in [-0.15, -0.1) is 0 Å². The molecule has 172 valence electrons. The van der Waals surface area contributed by atoms with Crippen molar-refractivity contribution in [2.24, 2.45) is 0 Å². The van der Waals surface area contributed by atoms with Crippen molar-refractivity contribution in [3.63, 3.8) is 0 Å². The minimum atomic E-state index is -1.28. The van der Waals surface area contributed by atoms with Crippen molar-refractivity contribution >= 4 is 17.6 Å². The van der Waals surface area contributed by atoms with E-state index < -0.39 is 5.97 Å². The Morgan fingerprint density at radius 3 is 1.91 bits per heavy atom. The van der Waals surface area contributed by atoms with Crippen LogP contribution in [0.1, 0.15) is 78.9 Å². The van der Waals surface area contributed by atoms with Crippen molar-refractivity contribution in [2.75, 3.05) is 5.32 Å². The molecular formula is C29H32NO3-. The molecule has 0 radical (unpaired) electrons. The van der Waals surface area contributed by atoms with Gasteiger partial charge in [-0.1, -0.05) is 77.9 Å². The van der Waals surface area contributed by atoms with Crippen LogP contribution in [0.25, 0.3) is 11.1 Å². The molecule has 4 heteroatoms. The Balaban J connectivity index is 2.09. The molecule has 4 nitrogen and oxygen atoms in total. The maximum Gasteiger partial charge on any atom is 0.255 e. The van der Waals surface area contributed by atoms with Gasteiger partial charge in [-0.3, -0.25) is 4.79 Å². The molecule has 3 aromatic rings. The first-order valence-electron chi connectivity index (χ1n) is 11.2. The predicted molar refractivity (Wildman–Crippen MR) is 133 cm³/mol. The standard InChI is InChI=1S/C29H33NO3/c1-18-10-8-9-11-21(18)22-16-24(29(5,6)7)25(17-23(22)27(32)33)30-26(31)19-12-14-20(15-13-19)28(2,3)4/h8-17H,1-7H3,(H,30,31)(H,32,33)/p-1. The van der Waals surface area contributed by atoms with Gasteiger partial charge in [0.05, 0.1) is 5.97 Å². The van der Waals surface area contributed by atoms with Crippen LogP contribution in [-0.4, -0.2) is 11.9 Å². The lowest BCUT2D eigenvalue weighted by molar-refractivity contribution is -0.254. The summed E-state index contributed by atoms with van der Waals surface area (Å²) in [5.74, 6) is -1.56. The van der Waals surface area contributed by atoms with Crippen LogP contribution in [0.3, 0.4) is 0 Å². The Labute approximate surface area is 196 Å². The van der Waals surface area contributed by atoms with Gasteiger partial charge in [0.15, 0.2) is 0 Å². The maximum absolute atomic E-state index is 13.1. The molecule has 1 N–H and O–H groups in total. The Morgan fingerprint density at radius 1 is 0.788 bits per heavy atom. The summed E-state index contributed by atoms with van der Waals surface area (Å²) >= 11 is 0. The van der Waals surface area contributed by atoms with E-state index in [9.17, 15) is 14.7 Å². The van der Waals surface area contributed by atoms with Gasteiger partial charge in [0.25, 0.3) is 5.91 Å². The third kappa shape index (κ3) is 5.33. The zero-order chi connectivity index (χ0) is 24.6. The molecule has 0 bridgehead atoms. The Bertz CT molecular complexity index is 1190. The summed E-state index contributed by atoms with van der Waals surface area (Å²) in [5.41, 5.74) is 5.07. The van der Waals surface area contributed by atoms with Gasteiger partial charge >= 0.3 is 0 Å². The van der Waals surface area contributed by atoms with E-state index in [0.717, 1.165) is 22.3 Å². The second-order valence-electron chi connectivity index (χ2n) is 10.6. The molecule has 0 aliphatic rings. The molecule has 3 aromatic carbocycles. The topological polar surface area (TPSA) is 69.2 Å². The third-order valence-corrected chi connectivity index (χ3v) is 5.88. The van der Waals surface area contributed by atoms with Crippen LogP contribution in [0.4, 0.5) is 5.69 Å². The van der Waals surface area contributed by atoms with E-state index in [-0.39, 0.29) is 22.3 Å². The van der Waals surface area contributed by atoms with E-state index in [1.807, 2.05) is 70.2 Å². The number of carbonyl (C=O) groups is 2. The fourth-order valence-electron chi connectivity index (χ4n) is 3.91. The number of hydrogen-bond donors (Lipinski definition) is 1. The van der Waals surface area contributed by atoms with Gasteiger partial charge in [-0.05, 0) is 69.8 Å². The lowest BCUT2D eigenvalue weighted by Crippen LogP contribution is -2.25. The van der Waals surface area contributed by atoms with Crippen molar-refractivity contribution in [3.05, 3.63) is 88.5 Å². The summed E-state index contributed by atoms with van der Waals surface area (Å²) in [6.07, 6.45) is 0. The van der Waals surface area contributed by atoms with Crippen LogP contribution < -0.4 is 10.4 Å². The second-order valence-corrected chi connectivity index (χ2v) is 10.6. The molecule has 0 unspecified atom stereocenters. The fraction of sp³-hybridized carbons (Fsp3) is 0.310. The molecular weight excluding hydrogens is 410 g/mol.